The number of carbonyl (C=O) groups is 4. The van der Waals surface area contributed by atoms with Gasteiger partial charge in [0.15, 0.2) is 11.8 Å². The number of esters is 3. The van der Waals surface area contributed by atoms with Gasteiger partial charge in [0.1, 0.15) is 18.3 Å². The lowest BCUT2D eigenvalue weighted by atomic mass is 10.1. The Morgan fingerprint density at radius 2 is 1.81 bits per heavy atom. The zero-order valence-electron chi connectivity index (χ0n) is 22.5. The molecule has 1 aromatic carbocycles. The molecular weight excluding hydrogens is 480 g/mol. The van der Waals surface area contributed by atoms with Crippen LogP contribution in [-0.2, 0) is 28.6 Å². The number of phenolic OH excluding ortho intramolecular Hbond substituents is 1. The molecule has 1 aliphatic heterocycles. The molecule has 0 bridgehead atoms. The molecule has 0 radical (unpaired) electrons. The number of benzene rings is 1. The van der Waals surface area contributed by atoms with E-state index in [0.29, 0.717) is 0 Å². The number of phenols is 1. The van der Waals surface area contributed by atoms with Gasteiger partial charge in [0.05, 0.1) is 17.7 Å². The van der Waals surface area contributed by atoms with Crippen molar-refractivity contribution in [1.29, 1.82) is 0 Å². The SMILES string of the molecule is C=CNc1cccc(C(=O)NC2C(=O)O[C@@H](C)C(OC(=O)CC(C)C)CC(=O)OC2C)c1O.CCCC. The van der Waals surface area contributed by atoms with Crippen LogP contribution >= 0.6 is 0 Å². The van der Waals surface area contributed by atoms with Crippen LogP contribution in [0.5, 0.6) is 5.75 Å². The van der Waals surface area contributed by atoms with Crippen molar-refractivity contribution >= 4 is 29.5 Å². The Kier molecular flexibility index (Phi) is 13.2. The van der Waals surface area contributed by atoms with Gasteiger partial charge in [-0.15, -0.1) is 0 Å². The highest BCUT2D eigenvalue weighted by Crippen LogP contribution is 2.27. The van der Waals surface area contributed by atoms with Gasteiger partial charge in [-0.25, -0.2) is 4.79 Å². The number of ether oxygens (including phenoxy) is 3. The lowest BCUT2D eigenvalue weighted by molar-refractivity contribution is -0.169. The molecule has 1 saturated heterocycles. The number of para-hydroxylation sites is 1. The molecule has 10 nitrogen and oxygen atoms in total. The van der Waals surface area contributed by atoms with E-state index in [1.165, 1.54) is 51.1 Å². The third-order valence-electron chi connectivity index (χ3n) is 5.42. The maximum Gasteiger partial charge on any atom is 0.332 e. The fraction of sp³-hybridized carbons (Fsp3) is 0.556. The van der Waals surface area contributed by atoms with Crippen molar-refractivity contribution < 1.29 is 38.5 Å². The number of unbranched alkanes of at least 4 members (excludes halogenated alkanes) is 1. The number of amides is 1. The Morgan fingerprint density at radius 3 is 2.38 bits per heavy atom. The predicted molar refractivity (Wildman–Crippen MR) is 139 cm³/mol. The zero-order chi connectivity index (χ0) is 28.1. The summed E-state index contributed by atoms with van der Waals surface area (Å²) in [6, 6.07) is 3.07. The highest BCUT2D eigenvalue weighted by molar-refractivity contribution is 6.00. The molecule has 3 unspecified atom stereocenters. The second kappa shape index (κ2) is 15.5. The first-order chi connectivity index (χ1) is 17.4. The monoisotopic (exact) mass is 520 g/mol. The molecule has 0 aliphatic carbocycles. The van der Waals surface area contributed by atoms with E-state index in [0.717, 1.165) is 0 Å². The van der Waals surface area contributed by atoms with E-state index in [9.17, 15) is 24.3 Å². The normalized spacial score (nSPS) is 21.6. The summed E-state index contributed by atoms with van der Waals surface area (Å²) in [5, 5.41) is 15.5. The third-order valence-corrected chi connectivity index (χ3v) is 5.42. The molecule has 3 N–H and O–H groups in total. The number of hydrogen-bond acceptors (Lipinski definition) is 9. The summed E-state index contributed by atoms with van der Waals surface area (Å²) in [4.78, 5) is 50.1. The molecule has 10 heteroatoms. The zero-order valence-corrected chi connectivity index (χ0v) is 22.5. The van der Waals surface area contributed by atoms with Crippen molar-refractivity contribution in [3.63, 3.8) is 0 Å². The maximum absolute atomic E-state index is 12.8. The Bertz CT molecular complexity index is 944. The van der Waals surface area contributed by atoms with Crippen LogP contribution in [0.4, 0.5) is 5.69 Å². The van der Waals surface area contributed by atoms with Gasteiger partial charge < -0.3 is 30.0 Å². The minimum atomic E-state index is -1.36. The fourth-order valence-electron chi connectivity index (χ4n) is 3.21. The fourth-order valence-corrected chi connectivity index (χ4v) is 3.21. The van der Waals surface area contributed by atoms with Crippen LogP contribution in [0.3, 0.4) is 0 Å². The average molecular weight is 521 g/mol. The number of anilines is 1. The molecule has 37 heavy (non-hydrogen) atoms. The molecule has 1 amide bonds. The van der Waals surface area contributed by atoms with E-state index in [1.54, 1.807) is 0 Å². The predicted octanol–water partition coefficient (Wildman–Crippen LogP) is 4.08. The van der Waals surface area contributed by atoms with Crippen LogP contribution < -0.4 is 10.6 Å². The van der Waals surface area contributed by atoms with E-state index in [1.807, 2.05) is 13.8 Å². The second-order valence-electron chi connectivity index (χ2n) is 9.17. The van der Waals surface area contributed by atoms with E-state index < -0.39 is 48.2 Å². The minimum Gasteiger partial charge on any atom is -0.505 e. The van der Waals surface area contributed by atoms with Crippen molar-refractivity contribution in [2.75, 3.05) is 5.32 Å². The van der Waals surface area contributed by atoms with Gasteiger partial charge in [0, 0.05) is 6.42 Å². The molecular formula is C27H40N2O8. The quantitative estimate of drug-likeness (QED) is 0.263. The van der Waals surface area contributed by atoms with Gasteiger partial charge in [-0.1, -0.05) is 53.2 Å². The highest BCUT2D eigenvalue weighted by Gasteiger charge is 2.38. The minimum absolute atomic E-state index is 0.0508. The number of rotatable bonds is 8. The first-order valence-corrected chi connectivity index (χ1v) is 12.5. The van der Waals surface area contributed by atoms with Gasteiger partial charge >= 0.3 is 17.9 Å². The molecule has 1 heterocycles. The second-order valence-corrected chi connectivity index (χ2v) is 9.17. The van der Waals surface area contributed by atoms with Crippen molar-refractivity contribution in [2.45, 2.75) is 91.6 Å². The average Bonchev–Trinajstić information content (AvgIpc) is 2.85. The summed E-state index contributed by atoms with van der Waals surface area (Å²) in [7, 11) is 0. The molecule has 0 spiro atoms. The van der Waals surface area contributed by atoms with E-state index in [4.69, 9.17) is 14.2 Å². The molecule has 206 valence electrons. The molecule has 1 aromatic rings. The van der Waals surface area contributed by atoms with Crippen LogP contribution in [-0.4, -0.2) is 53.3 Å². The molecule has 4 atom stereocenters. The molecule has 0 aromatic heterocycles. The Labute approximate surface area is 218 Å². The smallest absolute Gasteiger partial charge is 0.332 e. The van der Waals surface area contributed by atoms with E-state index in [-0.39, 0.29) is 35.8 Å². The number of aromatic hydroxyl groups is 1. The van der Waals surface area contributed by atoms with Gasteiger partial charge in [-0.2, -0.15) is 0 Å². The Balaban J connectivity index is 0.00000159. The van der Waals surface area contributed by atoms with Crippen LogP contribution in [0.15, 0.2) is 31.0 Å². The maximum atomic E-state index is 12.8. The summed E-state index contributed by atoms with van der Waals surface area (Å²) in [6.07, 6.45) is 0.742. The van der Waals surface area contributed by atoms with Crippen molar-refractivity contribution in [3.8, 4) is 5.75 Å². The molecule has 2 rings (SSSR count). The number of cyclic esters (lactones) is 2. The largest absolute Gasteiger partial charge is 0.505 e. The van der Waals surface area contributed by atoms with Gasteiger partial charge in [0.25, 0.3) is 5.91 Å². The van der Waals surface area contributed by atoms with Crippen molar-refractivity contribution in [2.24, 2.45) is 5.92 Å². The van der Waals surface area contributed by atoms with Crippen LogP contribution in [0.1, 0.15) is 77.6 Å². The first kappa shape index (κ1) is 31.5. The standard InChI is InChI=1S/C23H30N2O8.C4H10/c1-6-24-16-9-7-8-15(21(16)28)22(29)25-20-14(5)31-19(27)11-17(13(4)32-23(20)30)33-18(26)10-12(2)3;1-3-4-2/h6-9,12-14,17,20,24,28H,1,10-11H2,2-5H3,(H,25,29);3-4H2,1-2H3/t13-,14?,17?,20?;/m0./s1. The van der Waals surface area contributed by atoms with E-state index in [2.05, 4.69) is 31.1 Å². The summed E-state index contributed by atoms with van der Waals surface area (Å²) in [5.41, 5.74) is 0.135. The van der Waals surface area contributed by atoms with Gasteiger partial charge in [0.2, 0.25) is 0 Å². The van der Waals surface area contributed by atoms with Crippen LogP contribution in [0.2, 0.25) is 0 Å². The first-order valence-electron chi connectivity index (χ1n) is 12.5. The lowest BCUT2D eigenvalue weighted by Gasteiger charge is -2.25. The van der Waals surface area contributed by atoms with Crippen molar-refractivity contribution in [1.82, 2.24) is 5.32 Å². The number of nitrogens with one attached hydrogen (secondary N) is 2. The third kappa shape index (κ3) is 10.1. The topological polar surface area (TPSA) is 140 Å². The highest BCUT2D eigenvalue weighted by atomic mass is 16.6. The molecule has 1 aliphatic rings. The Morgan fingerprint density at radius 1 is 1.16 bits per heavy atom. The van der Waals surface area contributed by atoms with Crippen molar-refractivity contribution in [3.05, 3.63) is 36.5 Å². The van der Waals surface area contributed by atoms with Crippen LogP contribution in [0, 0.1) is 5.92 Å². The van der Waals surface area contributed by atoms with Gasteiger partial charge in [-0.05, 0) is 38.1 Å². The summed E-state index contributed by atoms with van der Waals surface area (Å²) in [6.45, 7) is 14.5. The molecule has 0 saturated carbocycles. The Hall–Kier alpha value is -3.56. The lowest BCUT2D eigenvalue weighted by Crippen LogP contribution is -2.50. The summed E-state index contributed by atoms with van der Waals surface area (Å²) < 4.78 is 16.0. The molecule has 1 fully saturated rings. The summed E-state index contributed by atoms with van der Waals surface area (Å²) in [5.74, 6) is -3.18. The number of carbonyl (C=O) groups excluding carboxylic acids is 4. The van der Waals surface area contributed by atoms with Crippen LogP contribution in [0.25, 0.3) is 0 Å². The number of hydrogen-bond donors (Lipinski definition) is 3. The summed E-state index contributed by atoms with van der Waals surface area (Å²) >= 11 is 0. The van der Waals surface area contributed by atoms with Gasteiger partial charge in [-0.3, -0.25) is 14.4 Å². The van der Waals surface area contributed by atoms with E-state index >= 15 is 0 Å².